The molecule has 0 saturated carbocycles. The fraction of sp³-hybridized carbons (Fsp3) is 0.390. The standard InChI is InChI=1S/C41H49N5O8/c1-26-22-46(27(2)24-47)39(48)33-20-30(42-40(49)44-34-14-9-12-29-11-5-6-13-32(29)34)15-17-35(33)54-28(3)10-7-8-19-51-38(26)23-45(4)41(50)43-31-16-18-36-37(21-31)53-25-52-36/h5-6,9,11-18,20-21,26-28,38,47H,7-8,10,19,22-25H2,1-4H3,(H,43,50)(H2,42,44,49)/t26-,27+,28-,38-/m1/s1. The van der Waals surface area contributed by atoms with Crippen molar-refractivity contribution in [3.63, 3.8) is 0 Å². The number of fused-ring (bicyclic) bond motifs is 3. The van der Waals surface area contributed by atoms with Crippen molar-refractivity contribution in [2.75, 3.05) is 56.1 Å². The van der Waals surface area contributed by atoms with Crippen LogP contribution in [0.1, 0.15) is 50.4 Å². The van der Waals surface area contributed by atoms with Gasteiger partial charge in [-0.05, 0) is 74.9 Å². The van der Waals surface area contributed by atoms with E-state index < -0.39 is 18.2 Å². The summed E-state index contributed by atoms with van der Waals surface area (Å²) in [7, 11) is 1.70. The van der Waals surface area contributed by atoms with Gasteiger partial charge in [-0.3, -0.25) is 4.79 Å². The third-order valence-corrected chi connectivity index (χ3v) is 9.77. The Morgan fingerprint density at radius 1 is 0.907 bits per heavy atom. The Labute approximate surface area is 315 Å². The highest BCUT2D eigenvalue weighted by molar-refractivity contribution is 6.07. The second kappa shape index (κ2) is 17.5. The topological polar surface area (TPSA) is 151 Å². The van der Waals surface area contributed by atoms with Crippen LogP contribution < -0.4 is 30.2 Å². The van der Waals surface area contributed by atoms with E-state index in [1.54, 1.807) is 60.2 Å². The lowest BCUT2D eigenvalue weighted by atomic mass is 10.0. The average Bonchev–Trinajstić information content (AvgIpc) is 3.64. The summed E-state index contributed by atoms with van der Waals surface area (Å²) in [5.74, 6) is 0.962. The predicted octanol–water partition coefficient (Wildman–Crippen LogP) is 7.17. The molecule has 5 amide bonds. The van der Waals surface area contributed by atoms with Crippen LogP contribution in [0.15, 0.2) is 78.9 Å². The van der Waals surface area contributed by atoms with Crippen molar-refractivity contribution in [2.24, 2.45) is 5.92 Å². The molecule has 4 aromatic rings. The molecule has 13 nitrogen and oxygen atoms in total. The average molecular weight is 740 g/mol. The maximum atomic E-state index is 14.5. The van der Waals surface area contributed by atoms with Gasteiger partial charge in [0.2, 0.25) is 6.79 Å². The molecule has 2 aliphatic heterocycles. The third kappa shape index (κ3) is 9.33. The molecule has 54 heavy (non-hydrogen) atoms. The zero-order valence-electron chi connectivity index (χ0n) is 31.2. The van der Waals surface area contributed by atoms with Gasteiger partial charge in [-0.15, -0.1) is 0 Å². The van der Waals surface area contributed by atoms with Crippen LogP contribution in [0, 0.1) is 5.92 Å². The van der Waals surface area contributed by atoms with E-state index in [1.807, 2.05) is 56.3 Å². The fourth-order valence-electron chi connectivity index (χ4n) is 6.63. The number of amides is 5. The quantitative estimate of drug-likeness (QED) is 0.156. The number of anilines is 3. The fourth-order valence-corrected chi connectivity index (χ4v) is 6.63. The summed E-state index contributed by atoms with van der Waals surface area (Å²) in [5.41, 5.74) is 1.88. The summed E-state index contributed by atoms with van der Waals surface area (Å²) in [4.78, 5) is 44.2. The van der Waals surface area contributed by atoms with Crippen LogP contribution in [0.4, 0.5) is 26.7 Å². The second-order valence-corrected chi connectivity index (χ2v) is 14.0. The van der Waals surface area contributed by atoms with Gasteiger partial charge in [0.05, 0.1) is 36.1 Å². The van der Waals surface area contributed by atoms with Crippen LogP contribution in [-0.2, 0) is 4.74 Å². The van der Waals surface area contributed by atoms with Crippen LogP contribution >= 0.6 is 0 Å². The Hall–Kier alpha value is -5.53. The van der Waals surface area contributed by atoms with E-state index in [0.29, 0.717) is 40.9 Å². The van der Waals surface area contributed by atoms with Crippen molar-refractivity contribution in [3.8, 4) is 17.2 Å². The molecule has 0 saturated heterocycles. The first-order chi connectivity index (χ1) is 26.1. The molecule has 0 spiro atoms. The Balaban J connectivity index is 1.21. The minimum absolute atomic E-state index is 0.136. The molecular formula is C41H49N5O8. The number of aliphatic hydroxyl groups is 1. The smallest absolute Gasteiger partial charge is 0.323 e. The number of nitrogens with one attached hydrogen (secondary N) is 3. The minimum atomic E-state index is -0.558. The Morgan fingerprint density at radius 2 is 1.65 bits per heavy atom. The number of hydrogen-bond donors (Lipinski definition) is 4. The van der Waals surface area contributed by atoms with Crippen molar-refractivity contribution < 1.29 is 38.4 Å². The zero-order valence-corrected chi connectivity index (χ0v) is 31.2. The lowest BCUT2D eigenvalue weighted by Gasteiger charge is -2.35. The number of benzene rings is 4. The number of aliphatic hydroxyl groups excluding tert-OH is 1. The van der Waals surface area contributed by atoms with Crippen LogP contribution in [0.3, 0.4) is 0 Å². The summed E-state index contributed by atoms with van der Waals surface area (Å²) < 4.78 is 23.6. The summed E-state index contributed by atoms with van der Waals surface area (Å²) in [6, 6.07) is 22.4. The number of carbonyl (C=O) groups excluding carboxylic acids is 3. The van der Waals surface area contributed by atoms with Crippen molar-refractivity contribution in [1.29, 1.82) is 0 Å². The van der Waals surface area contributed by atoms with Gasteiger partial charge < -0.3 is 49.8 Å². The van der Waals surface area contributed by atoms with E-state index in [-0.39, 0.29) is 56.0 Å². The molecule has 0 fully saturated rings. The highest BCUT2D eigenvalue weighted by Gasteiger charge is 2.31. The Morgan fingerprint density at radius 3 is 2.46 bits per heavy atom. The Kier molecular flexibility index (Phi) is 12.4. The van der Waals surface area contributed by atoms with Gasteiger partial charge in [0.25, 0.3) is 5.91 Å². The number of hydrogen-bond acceptors (Lipinski definition) is 8. The summed E-state index contributed by atoms with van der Waals surface area (Å²) in [6.45, 7) is 6.50. The number of urea groups is 2. The summed E-state index contributed by atoms with van der Waals surface area (Å²) >= 11 is 0. The molecule has 0 aromatic heterocycles. The van der Waals surface area contributed by atoms with Crippen molar-refractivity contribution in [2.45, 2.75) is 58.3 Å². The van der Waals surface area contributed by atoms with E-state index in [9.17, 15) is 19.5 Å². The SMILES string of the molecule is C[C@@H]1CCCCO[C@H](CN(C)C(=O)Nc2ccc3c(c2)OCO3)[C@H](C)CN([C@@H](C)CO)C(=O)c2cc(NC(=O)Nc3cccc4ccccc34)ccc2O1. The number of nitrogens with zero attached hydrogens (tertiary/aromatic N) is 2. The van der Waals surface area contributed by atoms with Gasteiger partial charge in [0.15, 0.2) is 11.5 Å². The van der Waals surface area contributed by atoms with Gasteiger partial charge in [-0.25, -0.2) is 9.59 Å². The van der Waals surface area contributed by atoms with E-state index >= 15 is 0 Å². The molecule has 0 radical (unpaired) electrons. The van der Waals surface area contributed by atoms with Crippen LogP contribution in [0.25, 0.3) is 10.8 Å². The highest BCUT2D eigenvalue weighted by Crippen LogP contribution is 2.34. The van der Waals surface area contributed by atoms with E-state index in [4.69, 9.17) is 18.9 Å². The van der Waals surface area contributed by atoms with Gasteiger partial charge in [-0.2, -0.15) is 0 Å². The molecule has 0 bridgehead atoms. The molecule has 2 heterocycles. The van der Waals surface area contributed by atoms with Crippen LogP contribution in [-0.4, -0.2) is 91.3 Å². The normalized spacial score (nSPS) is 19.5. The number of likely N-dealkylation sites (N-methyl/N-ethyl adjacent to an activating group) is 1. The molecule has 4 atom stereocenters. The molecular weight excluding hydrogens is 690 g/mol. The summed E-state index contributed by atoms with van der Waals surface area (Å²) in [6.07, 6.45) is 1.69. The van der Waals surface area contributed by atoms with Crippen LogP contribution in [0.5, 0.6) is 17.2 Å². The first kappa shape index (κ1) is 38.2. The predicted molar refractivity (Wildman–Crippen MR) is 208 cm³/mol. The maximum absolute atomic E-state index is 14.5. The molecule has 4 aromatic carbocycles. The first-order valence-electron chi connectivity index (χ1n) is 18.4. The molecule has 2 aliphatic rings. The molecule has 13 heteroatoms. The molecule has 0 aliphatic carbocycles. The third-order valence-electron chi connectivity index (χ3n) is 9.77. The Bertz CT molecular complexity index is 1950. The van der Waals surface area contributed by atoms with Crippen molar-refractivity contribution >= 4 is 45.8 Å². The lowest BCUT2D eigenvalue weighted by Crippen LogP contribution is -2.48. The molecule has 4 N–H and O–H groups in total. The van der Waals surface area contributed by atoms with Gasteiger partial charge >= 0.3 is 12.1 Å². The molecule has 6 rings (SSSR count). The second-order valence-electron chi connectivity index (χ2n) is 14.0. The number of carbonyl (C=O) groups is 3. The molecule has 286 valence electrons. The number of ether oxygens (including phenoxy) is 4. The number of rotatable bonds is 7. The van der Waals surface area contributed by atoms with Crippen LogP contribution in [0.2, 0.25) is 0 Å². The van der Waals surface area contributed by atoms with Crippen molar-refractivity contribution in [1.82, 2.24) is 9.80 Å². The minimum Gasteiger partial charge on any atom is -0.490 e. The van der Waals surface area contributed by atoms with E-state index in [1.165, 1.54) is 0 Å². The molecule has 0 unspecified atom stereocenters. The largest absolute Gasteiger partial charge is 0.490 e. The van der Waals surface area contributed by atoms with Gasteiger partial charge in [-0.1, -0.05) is 43.3 Å². The summed E-state index contributed by atoms with van der Waals surface area (Å²) in [5, 5.41) is 20.9. The van der Waals surface area contributed by atoms with E-state index in [2.05, 4.69) is 16.0 Å². The first-order valence-corrected chi connectivity index (χ1v) is 18.4. The highest BCUT2D eigenvalue weighted by atomic mass is 16.7. The maximum Gasteiger partial charge on any atom is 0.323 e. The lowest BCUT2D eigenvalue weighted by molar-refractivity contribution is -0.0115. The monoisotopic (exact) mass is 739 g/mol. The van der Waals surface area contributed by atoms with E-state index in [0.717, 1.165) is 30.0 Å². The van der Waals surface area contributed by atoms with Crippen molar-refractivity contribution in [3.05, 3.63) is 84.4 Å². The van der Waals surface area contributed by atoms with Gasteiger partial charge in [0, 0.05) is 55.5 Å². The van der Waals surface area contributed by atoms with Gasteiger partial charge in [0.1, 0.15) is 5.75 Å². The zero-order chi connectivity index (χ0) is 38.2.